The molecule has 32 heavy (non-hydrogen) atoms. The number of carboxylic acids is 1. The highest BCUT2D eigenvalue weighted by Gasteiger charge is 2.38. The number of esters is 2. The van der Waals surface area contributed by atoms with Gasteiger partial charge >= 0.3 is 24.1 Å². The fourth-order valence-electron chi connectivity index (χ4n) is 2.04. The monoisotopic (exact) mass is 456 g/mol. The molecule has 12 heteroatoms. The molecule has 2 aromatic carbocycles. The molecule has 0 bridgehead atoms. The summed E-state index contributed by atoms with van der Waals surface area (Å²) in [6, 6.07) is 13.0. The Kier molecular flexibility index (Phi) is 9.83. The number of nitrogens with two attached hydrogens (primary N) is 1. The Morgan fingerprint density at radius 1 is 1.06 bits per heavy atom. The summed E-state index contributed by atoms with van der Waals surface area (Å²) < 4.78 is 41.5. The van der Waals surface area contributed by atoms with E-state index in [4.69, 9.17) is 20.4 Å². The van der Waals surface area contributed by atoms with E-state index >= 15 is 0 Å². The number of carbonyl (C=O) groups is 4. The van der Waals surface area contributed by atoms with Gasteiger partial charge in [-0.3, -0.25) is 9.59 Å². The molecule has 0 unspecified atom stereocenters. The van der Waals surface area contributed by atoms with E-state index in [-0.39, 0.29) is 6.54 Å². The molecule has 0 aromatic heterocycles. The molecule has 0 aliphatic carbocycles. The Bertz CT molecular complexity index is 930. The second kappa shape index (κ2) is 12.1. The van der Waals surface area contributed by atoms with E-state index in [1.807, 2.05) is 0 Å². The zero-order chi connectivity index (χ0) is 24.3. The molecular weight excluding hydrogens is 437 g/mol. The molecular formula is C20H19F3N2O7. The second-order valence-electron chi connectivity index (χ2n) is 5.90. The normalized spacial score (nSPS) is 10.3. The number of amides is 1. The Hall–Kier alpha value is -3.93. The molecule has 1 amide bonds. The first-order valence-electron chi connectivity index (χ1n) is 8.72. The van der Waals surface area contributed by atoms with Gasteiger partial charge in [-0.15, -0.1) is 0 Å². The maximum absolute atomic E-state index is 12.1. The average molecular weight is 456 g/mol. The van der Waals surface area contributed by atoms with Crippen molar-refractivity contribution in [1.82, 2.24) is 0 Å². The van der Waals surface area contributed by atoms with E-state index in [1.54, 1.807) is 36.4 Å². The number of benzene rings is 2. The van der Waals surface area contributed by atoms with Gasteiger partial charge in [0.25, 0.3) is 0 Å². The summed E-state index contributed by atoms with van der Waals surface area (Å²) >= 11 is 0. The summed E-state index contributed by atoms with van der Waals surface area (Å²) in [6.07, 6.45) is -4.56. The Morgan fingerprint density at radius 2 is 1.59 bits per heavy atom. The fourth-order valence-corrected chi connectivity index (χ4v) is 2.04. The summed E-state index contributed by atoms with van der Waals surface area (Å²) in [5.74, 6) is -3.48. The molecule has 0 atom stereocenters. The molecule has 0 saturated carbocycles. The Balaban J connectivity index is 0.000000633. The van der Waals surface area contributed by atoms with Gasteiger partial charge in [-0.05, 0) is 42.0 Å². The maximum atomic E-state index is 12.1. The number of carbonyl (C=O) groups excluding carboxylic acids is 3. The van der Waals surface area contributed by atoms with Gasteiger partial charge < -0.3 is 25.2 Å². The van der Waals surface area contributed by atoms with E-state index < -0.39 is 24.1 Å². The number of ether oxygens (including phenoxy) is 2. The van der Waals surface area contributed by atoms with Gasteiger partial charge in [-0.1, -0.05) is 12.1 Å². The molecule has 0 aliphatic rings. The van der Waals surface area contributed by atoms with E-state index in [2.05, 4.69) is 4.74 Å². The number of rotatable bonds is 7. The van der Waals surface area contributed by atoms with Gasteiger partial charge in [0, 0.05) is 12.2 Å². The Labute approximate surface area is 180 Å². The van der Waals surface area contributed by atoms with Crippen molar-refractivity contribution in [3.05, 3.63) is 59.7 Å². The predicted octanol–water partition coefficient (Wildman–Crippen LogP) is 2.13. The van der Waals surface area contributed by atoms with Gasteiger partial charge in [0.2, 0.25) is 6.41 Å². The summed E-state index contributed by atoms with van der Waals surface area (Å²) in [6.45, 7) is 0.197. The van der Waals surface area contributed by atoms with Gasteiger partial charge in [0.05, 0.1) is 12.7 Å². The van der Waals surface area contributed by atoms with Crippen LogP contribution in [0.3, 0.4) is 0 Å². The largest absolute Gasteiger partial charge is 0.490 e. The zero-order valence-electron chi connectivity index (χ0n) is 16.7. The lowest BCUT2D eigenvalue weighted by Crippen LogP contribution is -2.29. The number of methoxy groups -OCH3 is 1. The van der Waals surface area contributed by atoms with Crippen LogP contribution in [-0.4, -0.2) is 49.3 Å². The first-order valence-corrected chi connectivity index (χ1v) is 8.72. The molecule has 0 heterocycles. The number of halogens is 3. The molecule has 2 aromatic rings. The van der Waals surface area contributed by atoms with Crippen LogP contribution in [0.4, 0.5) is 18.9 Å². The van der Waals surface area contributed by atoms with Crippen molar-refractivity contribution in [1.29, 1.82) is 0 Å². The summed E-state index contributed by atoms with van der Waals surface area (Å²) in [5, 5.41) is 7.12. The topological polar surface area (TPSA) is 136 Å². The summed E-state index contributed by atoms with van der Waals surface area (Å²) in [7, 11) is 1.24. The minimum absolute atomic E-state index is 0.202. The summed E-state index contributed by atoms with van der Waals surface area (Å²) in [4.78, 5) is 44.5. The molecule has 0 aliphatic heterocycles. The number of nitrogens with zero attached hydrogens (tertiary/aromatic N) is 1. The number of hydrogen-bond donors (Lipinski definition) is 2. The first kappa shape index (κ1) is 26.1. The Morgan fingerprint density at radius 3 is 2.00 bits per heavy atom. The number of anilines is 1. The molecule has 9 nitrogen and oxygen atoms in total. The third kappa shape index (κ3) is 8.44. The van der Waals surface area contributed by atoms with Crippen molar-refractivity contribution in [3.8, 4) is 5.75 Å². The lowest BCUT2D eigenvalue weighted by Gasteiger charge is -2.16. The van der Waals surface area contributed by atoms with Crippen LogP contribution in [0.5, 0.6) is 5.75 Å². The highest BCUT2D eigenvalue weighted by atomic mass is 19.4. The van der Waals surface area contributed by atoms with E-state index in [1.165, 1.54) is 24.1 Å². The molecule has 0 fully saturated rings. The van der Waals surface area contributed by atoms with Crippen LogP contribution in [-0.2, 0) is 25.7 Å². The third-order valence-corrected chi connectivity index (χ3v) is 3.70. The van der Waals surface area contributed by atoms with Crippen molar-refractivity contribution in [2.75, 3.05) is 18.6 Å². The number of aliphatic carboxylic acids is 1. The van der Waals surface area contributed by atoms with Crippen LogP contribution in [0.15, 0.2) is 48.5 Å². The van der Waals surface area contributed by atoms with Crippen LogP contribution in [0.1, 0.15) is 15.9 Å². The van der Waals surface area contributed by atoms with E-state index in [9.17, 15) is 27.6 Å². The fraction of sp³-hybridized carbons (Fsp3) is 0.200. The zero-order valence-corrected chi connectivity index (χ0v) is 16.7. The van der Waals surface area contributed by atoms with Crippen molar-refractivity contribution in [2.24, 2.45) is 5.73 Å². The van der Waals surface area contributed by atoms with Crippen LogP contribution in [0, 0.1) is 0 Å². The molecule has 0 saturated heterocycles. The third-order valence-electron chi connectivity index (χ3n) is 3.70. The highest BCUT2D eigenvalue weighted by molar-refractivity contribution is 5.91. The number of carboxylic acid groups (broad SMARTS) is 1. The van der Waals surface area contributed by atoms with E-state index in [0.29, 0.717) is 30.0 Å². The van der Waals surface area contributed by atoms with Gasteiger partial charge in [0.15, 0.2) is 0 Å². The molecule has 0 radical (unpaired) electrons. The molecule has 172 valence electrons. The van der Waals surface area contributed by atoms with Crippen molar-refractivity contribution in [2.45, 2.75) is 12.7 Å². The maximum Gasteiger partial charge on any atom is 0.490 e. The van der Waals surface area contributed by atoms with Gasteiger partial charge in [-0.25, -0.2) is 9.59 Å². The van der Waals surface area contributed by atoms with Crippen LogP contribution >= 0.6 is 0 Å². The smallest absolute Gasteiger partial charge is 0.475 e. The van der Waals surface area contributed by atoms with E-state index in [0.717, 1.165) is 5.56 Å². The number of alkyl halides is 3. The van der Waals surface area contributed by atoms with Gasteiger partial charge in [0.1, 0.15) is 12.3 Å². The average Bonchev–Trinajstić information content (AvgIpc) is 2.77. The highest BCUT2D eigenvalue weighted by Crippen LogP contribution is 2.20. The number of hydrogen-bond acceptors (Lipinski definition) is 7. The lowest BCUT2D eigenvalue weighted by molar-refractivity contribution is -0.192. The van der Waals surface area contributed by atoms with Crippen LogP contribution in [0.25, 0.3) is 0 Å². The molecule has 3 N–H and O–H groups in total. The first-order chi connectivity index (χ1) is 15.0. The van der Waals surface area contributed by atoms with Crippen molar-refractivity contribution < 1.29 is 46.9 Å². The quantitative estimate of drug-likeness (QED) is 0.367. The second-order valence-corrected chi connectivity index (χ2v) is 5.90. The minimum Gasteiger partial charge on any atom is -0.475 e. The predicted molar refractivity (Wildman–Crippen MR) is 105 cm³/mol. The minimum atomic E-state index is -5.08. The molecule has 0 spiro atoms. The van der Waals surface area contributed by atoms with Gasteiger partial charge in [-0.2, -0.15) is 13.2 Å². The van der Waals surface area contributed by atoms with Crippen molar-refractivity contribution in [3.63, 3.8) is 0 Å². The lowest BCUT2D eigenvalue weighted by atomic mass is 10.1. The van der Waals surface area contributed by atoms with Crippen molar-refractivity contribution >= 4 is 30.0 Å². The summed E-state index contributed by atoms with van der Waals surface area (Å²) in [5.41, 5.74) is 7.32. The standard InChI is InChI=1S/C18H18N2O5.C2HF3O2/c1-24-17(22)11-20(12-21)15-6-8-16(9-7-15)25-18(23)14-4-2-13(10-19)3-5-14;3-2(4,5)1(6)7/h2-9,12H,10-11,19H2,1H3;(H,6,7). The molecule has 2 rings (SSSR count). The van der Waals surface area contributed by atoms with Crippen LogP contribution < -0.4 is 15.4 Å². The van der Waals surface area contributed by atoms with Crippen LogP contribution in [0.2, 0.25) is 0 Å². The SMILES string of the molecule is COC(=O)CN(C=O)c1ccc(OC(=O)c2ccc(CN)cc2)cc1.O=C(O)C(F)(F)F.